The van der Waals surface area contributed by atoms with E-state index in [1.165, 1.54) is 32.4 Å². The highest BCUT2D eigenvalue weighted by atomic mass is 15.2. The van der Waals surface area contributed by atoms with Crippen molar-refractivity contribution < 1.29 is 0 Å². The normalized spacial score (nSPS) is 19.5. The van der Waals surface area contributed by atoms with Crippen LogP contribution >= 0.6 is 0 Å². The third-order valence-electron chi connectivity index (χ3n) is 4.06. The van der Waals surface area contributed by atoms with Crippen LogP contribution in [0.15, 0.2) is 6.07 Å². The van der Waals surface area contributed by atoms with Crippen molar-refractivity contribution in [2.24, 2.45) is 0 Å². The van der Waals surface area contributed by atoms with E-state index in [2.05, 4.69) is 39.3 Å². The van der Waals surface area contributed by atoms with Crippen molar-refractivity contribution in [1.29, 1.82) is 0 Å². The summed E-state index contributed by atoms with van der Waals surface area (Å²) in [5, 5.41) is 6.66. The maximum absolute atomic E-state index is 4.44. The van der Waals surface area contributed by atoms with Gasteiger partial charge in [-0.1, -0.05) is 6.42 Å². The standard InChI is InChI=1S/C16H29N5/c1-4-17-15-12-16(20-14(3)19-15)18-9-7-11-21-10-6-5-8-13(21)2/h12-13H,4-11H2,1-3H3,(H2,17,18,19,20). The monoisotopic (exact) mass is 291 g/mol. The van der Waals surface area contributed by atoms with Crippen LogP contribution in [0.2, 0.25) is 0 Å². The number of aryl methyl sites for hydroxylation is 1. The van der Waals surface area contributed by atoms with Crippen LogP contribution in [0.1, 0.15) is 45.4 Å². The number of rotatable bonds is 7. The Morgan fingerprint density at radius 1 is 1.24 bits per heavy atom. The van der Waals surface area contributed by atoms with E-state index < -0.39 is 0 Å². The maximum atomic E-state index is 4.44. The zero-order valence-electron chi connectivity index (χ0n) is 13.7. The third kappa shape index (κ3) is 5.16. The summed E-state index contributed by atoms with van der Waals surface area (Å²) in [6, 6.07) is 2.74. The molecule has 1 aliphatic rings. The fourth-order valence-corrected chi connectivity index (χ4v) is 2.92. The predicted molar refractivity (Wildman–Crippen MR) is 88.9 cm³/mol. The summed E-state index contributed by atoms with van der Waals surface area (Å²) in [5.74, 6) is 2.63. The Labute approximate surface area is 128 Å². The molecule has 2 heterocycles. The minimum atomic E-state index is 0.750. The molecule has 1 aliphatic heterocycles. The van der Waals surface area contributed by atoms with Crippen LogP contribution < -0.4 is 10.6 Å². The molecule has 0 aliphatic carbocycles. The molecular weight excluding hydrogens is 262 g/mol. The van der Waals surface area contributed by atoms with Crippen LogP contribution in [-0.2, 0) is 0 Å². The quantitative estimate of drug-likeness (QED) is 0.757. The molecule has 1 aromatic rings. The smallest absolute Gasteiger partial charge is 0.131 e. The number of anilines is 2. The maximum Gasteiger partial charge on any atom is 0.131 e. The van der Waals surface area contributed by atoms with Gasteiger partial charge in [-0.05, 0) is 46.6 Å². The van der Waals surface area contributed by atoms with Crippen molar-refractivity contribution in [3.8, 4) is 0 Å². The summed E-state index contributed by atoms with van der Waals surface area (Å²) in [4.78, 5) is 11.4. The van der Waals surface area contributed by atoms with Crippen LogP contribution in [0.4, 0.5) is 11.6 Å². The number of nitrogens with one attached hydrogen (secondary N) is 2. The second-order valence-corrected chi connectivity index (χ2v) is 5.88. The molecule has 1 aromatic heterocycles. The molecule has 21 heavy (non-hydrogen) atoms. The van der Waals surface area contributed by atoms with Crippen LogP contribution in [0.25, 0.3) is 0 Å². The molecule has 1 unspecified atom stereocenters. The zero-order valence-corrected chi connectivity index (χ0v) is 13.7. The minimum Gasteiger partial charge on any atom is -0.370 e. The van der Waals surface area contributed by atoms with Crippen LogP contribution in [0.3, 0.4) is 0 Å². The molecule has 0 amide bonds. The van der Waals surface area contributed by atoms with Crippen molar-refractivity contribution in [3.05, 3.63) is 11.9 Å². The molecule has 5 heteroatoms. The number of hydrogen-bond donors (Lipinski definition) is 2. The summed E-state index contributed by atoms with van der Waals surface area (Å²) in [6.07, 6.45) is 5.26. The number of aromatic nitrogens is 2. The van der Waals surface area contributed by atoms with Gasteiger partial charge in [0, 0.05) is 31.7 Å². The van der Waals surface area contributed by atoms with Gasteiger partial charge < -0.3 is 15.5 Å². The van der Waals surface area contributed by atoms with E-state index >= 15 is 0 Å². The molecule has 0 bridgehead atoms. The van der Waals surface area contributed by atoms with Gasteiger partial charge in [0.05, 0.1) is 0 Å². The summed E-state index contributed by atoms with van der Waals surface area (Å²) < 4.78 is 0. The Bertz CT molecular complexity index is 435. The van der Waals surface area contributed by atoms with E-state index in [1.807, 2.05) is 13.0 Å². The lowest BCUT2D eigenvalue weighted by Crippen LogP contribution is -2.38. The molecule has 118 valence electrons. The summed E-state index contributed by atoms with van der Waals surface area (Å²) in [7, 11) is 0. The van der Waals surface area contributed by atoms with E-state index in [0.29, 0.717) is 0 Å². The van der Waals surface area contributed by atoms with E-state index in [9.17, 15) is 0 Å². The zero-order chi connectivity index (χ0) is 15.1. The topological polar surface area (TPSA) is 53.1 Å². The number of nitrogens with zero attached hydrogens (tertiary/aromatic N) is 3. The molecule has 1 saturated heterocycles. The van der Waals surface area contributed by atoms with Crippen LogP contribution in [-0.4, -0.2) is 47.1 Å². The molecule has 0 spiro atoms. The highest BCUT2D eigenvalue weighted by Gasteiger charge is 2.16. The number of likely N-dealkylation sites (tertiary alicyclic amines) is 1. The molecule has 0 aromatic carbocycles. The first-order chi connectivity index (χ1) is 10.2. The van der Waals surface area contributed by atoms with Gasteiger partial charge in [0.15, 0.2) is 0 Å². The molecular formula is C16H29N5. The van der Waals surface area contributed by atoms with Gasteiger partial charge in [-0.15, -0.1) is 0 Å². The van der Waals surface area contributed by atoms with Gasteiger partial charge in [-0.3, -0.25) is 0 Å². The first kappa shape index (κ1) is 16.0. The molecule has 0 radical (unpaired) electrons. The number of piperidine rings is 1. The fourth-order valence-electron chi connectivity index (χ4n) is 2.92. The Hall–Kier alpha value is -1.36. The molecule has 5 nitrogen and oxygen atoms in total. The Morgan fingerprint density at radius 3 is 2.71 bits per heavy atom. The van der Waals surface area contributed by atoms with Gasteiger partial charge in [0.2, 0.25) is 0 Å². The molecule has 0 saturated carbocycles. The van der Waals surface area contributed by atoms with Crippen molar-refractivity contribution in [2.45, 2.75) is 52.5 Å². The van der Waals surface area contributed by atoms with Crippen LogP contribution in [0, 0.1) is 6.92 Å². The van der Waals surface area contributed by atoms with Gasteiger partial charge >= 0.3 is 0 Å². The average Bonchev–Trinajstić information content (AvgIpc) is 2.45. The lowest BCUT2D eigenvalue weighted by atomic mass is 10.0. The summed E-state index contributed by atoms with van der Waals surface area (Å²) in [5.41, 5.74) is 0. The van der Waals surface area contributed by atoms with Crippen molar-refractivity contribution >= 4 is 11.6 Å². The van der Waals surface area contributed by atoms with E-state index in [0.717, 1.165) is 43.0 Å². The van der Waals surface area contributed by atoms with Crippen molar-refractivity contribution in [3.63, 3.8) is 0 Å². The van der Waals surface area contributed by atoms with Gasteiger partial charge in [0.1, 0.15) is 17.5 Å². The highest BCUT2D eigenvalue weighted by molar-refractivity contribution is 5.47. The second-order valence-electron chi connectivity index (χ2n) is 5.88. The van der Waals surface area contributed by atoms with E-state index in [1.54, 1.807) is 0 Å². The number of hydrogen-bond acceptors (Lipinski definition) is 5. The summed E-state index contributed by atoms with van der Waals surface area (Å²) in [6.45, 7) is 10.6. The lowest BCUT2D eigenvalue weighted by Gasteiger charge is -2.33. The molecule has 1 fully saturated rings. The van der Waals surface area contributed by atoms with Gasteiger partial charge in [0.25, 0.3) is 0 Å². The van der Waals surface area contributed by atoms with Crippen molar-refractivity contribution in [1.82, 2.24) is 14.9 Å². The second kappa shape index (κ2) is 8.17. The van der Waals surface area contributed by atoms with E-state index in [-0.39, 0.29) is 0 Å². The van der Waals surface area contributed by atoms with Gasteiger partial charge in [-0.25, -0.2) is 9.97 Å². The van der Waals surface area contributed by atoms with Crippen molar-refractivity contribution in [2.75, 3.05) is 36.8 Å². The average molecular weight is 291 g/mol. The first-order valence-electron chi connectivity index (χ1n) is 8.26. The summed E-state index contributed by atoms with van der Waals surface area (Å²) >= 11 is 0. The Kier molecular flexibility index (Phi) is 6.23. The Morgan fingerprint density at radius 2 is 2.00 bits per heavy atom. The fraction of sp³-hybridized carbons (Fsp3) is 0.750. The van der Waals surface area contributed by atoms with E-state index in [4.69, 9.17) is 0 Å². The molecule has 1 atom stereocenters. The highest BCUT2D eigenvalue weighted by Crippen LogP contribution is 2.16. The van der Waals surface area contributed by atoms with Crippen LogP contribution in [0.5, 0.6) is 0 Å². The minimum absolute atomic E-state index is 0.750. The third-order valence-corrected chi connectivity index (χ3v) is 4.06. The lowest BCUT2D eigenvalue weighted by molar-refractivity contribution is 0.160. The molecule has 2 N–H and O–H groups in total. The SMILES string of the molecule is CCNc1cc(NCCCN2CCCCC2C)nc(C)n1. The molecule has 2 rings (SSSR count). The first-order valence-corrected chi connectivity index (χ1v) is 8.26. The Balaban J connectivity index is 1.75. The predicted octanol–water partition coefficient (Wildman–Crippen LogP) is 2.89. The van der Waals surface area contributed by atoms with Gasteiger partial charge in [-0.2, -0.15) is 0 Å². The largest absolute Gasteiger partial charge is 0.370 e.